The first-order chi connectivity index (χ1) is 8.77. The predicted molar refractivity (Wildman–Crippen MR) is 76.0 cm³/mol. The molecular formula is C14H21NO3S. The lowest BCUT2D eigenvalue weighted by Crippen LogP contribution is -2.39. The molecule has 1 aromatic heterocycles. The highest BCUT2D eigenvalue weighted by molar-refractivity contribution is 7.09. The zero-order chi connectivity index (χ0) is 14.6. The fraction of sp³-hybridized carbons (Fsp3) is 0.571. The minimum Gasteiger partial charge on any atom is -0.481 e. The molecule has 1 unspecified atom stereocenters. The van der Waals surface area contributed by atoms with Crippen LogP contribution >= 0.6 is 11.3 Å². The fourth-order valence-corrected chi connectivity index (χ4v) is 2.46. The van der Waals surface area contributed by atoms with E-state index >= 15 is 0 Å². The van der Waals surface area contributed by atoms with E-state index in [-0.39, 0.29) is 18.2 Å². The van der Waals surface area contributed by atoms with Crippen LogP contribution in [0.15, 0.2) is 17.5 Å². The third-order valence-electron chi connectivity index (χ3n) is 3.68. The van der Waals surface area contributed by atoms with E-state index in [1.54, 1.807) is 30.2 Å². The van der Waals surface area contributed by atoms with Crippen LogP contribution in [0.3, 0.4) is 0 Å². The first-order valence-corrected chi connectivity index (χ1v) is 7.15. The number of rotatable bonds is 6. The summed E-state index contributed by atoms with van der Waals surface area (Å²) in [6, 6.07) is 3.90. The van der Waals surface area contributed by atoms with E-state index in [0.717, 1.165) is 4.88 Å². The maximum Gasteiger partial charge on any atom is 0.310 e. The Kier molecular flexibility index (Phi) is 5.11. The molecule has 0 saturated heterocycles. The van der Waals surface area contributed by atoms with Crippen molar-refractivity contribution in [1.82, 2.24) is 4.90 Å². The van der Waals surface area contributed by atoms with Gasteiger partial charge in [0.2, 0.25) is 5.91 Å². The molecule has 5 heteroatoms. The summed E-state index contributed by atoms with van der Waals surface area (Å²) < 4.78 is 0. The number of aliphatic carboxylic acids is 1. The molecule has 1 aromatic rings. The molecule has 1 rings (SSSR count). The number of hydrogen-bond donors (Lipinski definition) is 1. The average Bonchev–Trinajstić information content (AvgIpc) is 2.80. The molecule has 0 aromatic carbocycles. The molecule has 0 saturated carbocycles. The topological polar surface area (TPSA) is 57.6 Å². The van der Waals surface area contributed by atoms with E-state index in [1.165, 1.54) is 0 Å². The minimum absolute atomic E-state index is 0.0296. The van der Waals surface area contributed by atoms with Crippen molar-refractivity contribution in [3.63, 3.8) is 0 Å². The molecule has 4 nitrogen and oxygen atoms in total. The van der Waals surface area contributed by atoms with Crippen molar-refractivity contribution in [2.75, 3.05) is 7.05 Å². The van der Waals surface area contributed by atoms with Gasteiger partial charge in [0.05, 0.1) is 12.0 Å². The smallest absolute Gasteiger partial charge is 0.310 e. The van der Waals surface area contributed by atoms with Gasteiger partial charge in [-0.15, -0.1) is 11.3 Å². The van der Waals surface area contributed by atoms with Crippen molar-refractivity contribution in [1.29, 1.82) is 0 Å². The van der Waals surface area contributed by atoms with Gasteiger partial charge in [-0.05, 0) is 24.3 Å². The van der Waals surface area contributed by atoms with Gasteiger partial charge in [-0.2, -0.15) is 0 Å². The molecule has 0 fully saturated rings. The number of carboxylic acid groups (broad SMARTS) is 1. The molecule has 0 aliphatic carbocycles. The van der Waals surface area contributed by atoms with Gasteiger partial charge in [-0.1, -0.05) is 19.9 Å². The highest BCUT2D eigenvalue weighted by Gasteiger charge is 2.39. The van der Waals surface area contributed by atoms with E-state index in [2.05, 4.69) is 0 Å². The standard InChI is InChI=1S/C14H21NO3S/c1-10(2)14(3,13(17)18)8-12(16)15(4)9-11-6-5-7-19-11/h5-7,10H,8-9H2,1-4H3,(H,17,18). The van der Waals surface area contributed by atoms with E-state index in [0.29, 0.717) is 6.54 Å². The maximum atomic E-state index is 12.2. The van der Waals surface area contributed by atoms with Crippen molar-refractivity contribution < 1.29 is 14.7 Å². The highest BCUT2D eigenvalue weighted by atomic mass is 32.1. The third kappa shape index (κ3) is 3.80. The van der Waals surface area contributed by atoms with Crippen molar-refractivity contribution in [2.45, 2.75) is 33.7 Å². The van der Waals surface area contributed by atoms with Crippen molar-refractivity contribution in [2.24, 2.45) is 11.3 Å². The van der Waals surface area contributed by atoms with Gasteiger partial charge < -0.3 is 10.0 Å². The van der Waals surface area contributed by atoms with Gasteiger partial charge in [-0.25, -0.2) is 0 Å². The molecule has 106 valence electrons. The normalized spacial score (nSPS) is 14.2. The number of amides is 1. The lowest BCUT2D eigenvalue weighted by Gasteiger charge is -2.30. The summed E-state index contributed by atoms with van der Waals surface area (Å²) in [5.41, 5.74) is -1.01. The van der Waals surface area contributed by atoms with E-state index < -0.39 is 11.4 Å². The molecule has 1 amide bonds. The number of carbonyl (C=O) groups excluding carboxylic acids is 1. The van der Waals surface area contributed by atoms with Crippen LogP contribution in [0, 0.1) is 11.3 Å². The molecule has 19 heavy (non-hydrogen) atoms. The minimum atomic E-state index is -1.01. The van der Waals surface area contributed by atoms with Crippen molar-refractivity contribution >= 4 is 23.2 Å². The fourth-order valence-electron chi connectivity index (χ4n) is 1.70. The summed E-state index contributed by atoms with van der Waals surface area (Å²) in [5.74, 6) is -1.14. The first-order valence-electron chi connectivity index (χ1n) is 6.27. The zero-order valence-electron chi connectivity index (χ0n) is 11.8. The Balaban J connectivity index is 2.69. The number of hydrogen-bond acceptors (Lipinski definition) is 3. The van der Waals surface area contributed by atoms with Crippen LogP contribution in [0.1, 0.15) is 32.1 Å². The Labute approximate surface area is 118 Å². The van der Waals surface area contributed by atoms with Crippen LogP contribution < -0.4 is 0 Å². The Bertz CT molecular complexity index is 442. The molecule has 0 aliphatic heterocycles. The molecule has 1 atom stereocenters. The summed E-state index contributed by atoms with van der Waals surface area (Å²) in [7, 11) is 1.71. The van der Waals surface area contributed by atoms with Gasteiger partial charge in [0.1, 0.15) is 0 Å². The van der Waals surface area contributed by atoms with E-state index in [9.17, 15) is 14.7 Å². The predicted octanol–water partition coefficient (Wildman–Crippen LogP) is 2.84. The second-order valence-electron chi connectivity index (χ2n) is 5.38. The second kappa shape index (κ2) is 6.19. The number of thiophene rings is 1. The molecule has 0 aliphatic rings. The summed E-state index contributed by atoms with van der Waals surface area (Å²) in [6.07, 6.45) is 0.0296. The second-order valence-corrected chi connectivity index (χ2v) is 6.42. The Morgan fingerprint density at radius 3 is 2.53 bits per heavy atom. The monoisotopic (exact) mass is 283 g/mol. The molecule has 0 radical (unpaired) electrons. The first kappa shape index (κ1) is 15.7. The van der Waals surface area contributed by atoms with Crippen LogP contribution in [-0.2, 0) is 16.1 Å². The quantitative estimate of drug-likeness (QED) is 0.873. The van der Waals surface area contributed by atoms with Gasteiger partial charge in [0.15, 0.2) is 0 Å². The van der Waals surface area contributed by atoms with Crippen molar-refractivity contribution in [3.8, 4) is 0 Å². The van der Waals surface area contributed by atoms with Crippen LogP contribution in [0.25, 0.3) is 0 Å². The SMILES string of the molecule is CC(C)C(C)(CC(=O)N(C)Cc1cccs1)C(=O)O. The number of carboxylic acids is 1. The van der Waals surface area contributed by atoms with Crippen LogP contribution in [-0.4, -0.2) is 28.9 Å². The summed E-state index contributed by atoms with van der Waals surface area (Å²) in [4.78, 5) is 26.2. The van der Waals surface area contributed by atoms with Gasteiger partial charge >= 0.3 is 5.97 Å². The Morgan fingerprint density at radius 1 is 1.47 bits per heavy atom. The Hall–Kier alpha value is -1.36. The maximum absolute atomic E-state index is 12.2. The third-order valence-corrected chi connectivity index (χ3v) is 4.54. The molecule has 0 spiro atoms. The van der Waals surface area contributed by atoms with Crippen LogP contribution in [0.2, 0.25) is 0 Å². The van der Waals surface area contributed by atoms with Crippen LogP contribution in [0.4, 0.5) is 0 Å². The summed E-state index contributed by atoms with van der Waals surface area (Å²) in [5, 5.41) is 11.3. The highest BCUT2D eigenvalue weighted by Crippen LogP contribution is 2.32. The lowest BCUT2D eigenvalue weighted by molar-refractivity contribution is -0.155. The lowest BCUT2D eigenvalue weighted by atomic mass is 9.76. The van der Waals surface area contributed by atoms with Gasteiger partial charge in [0.25, 0.3) is 0 Å². The summed E-state index contributed by atoms with van der Waals surface area (Å²) >= 11 is 1.59. The molecular weight excluding hydrogens is 262 g/mol. The van der Waals surface area contributed by atoms with Gasteiger partial charge in [0, 0.05) is 18.3 Å². The largest absolute Gasteiger partial charge is 0.481 e. The van der Waals surface area contributed by atoms with Gasteiger partial charge in [-0.3, -0.25) is 9.59 Å². The van der Waals surface area contributed by atoms with Crippen molar-refractivity contribution in [3.05, 3.63) is 22.4 Å². The van der Waals surface area contributed by atoms with Crippen LogP contribution in [0.5, 0.6) is 0 Å². The molecule has 1 N–H and O–H groups in total. The number of nitrogens with zero attached hydrogens (tertiary/aromatic N) is 1. The zero-order valence-corrected chi connectivity index (χ0v) is 12.7. The average molecular weight is 283 g/mol. The molecule has 1 heterocycles. The van der Waals surface area contributed by atoms with E-state index in [1.807, 2.05) is 31.4 Å². The summed E-state index contributed by atoms with van der Waals surface area (Å²) in [6.45, 7) is 5.84. The van der Waals surface area contributed by atoms with E-state index in [4.69, 9.17) is 0 Å². The molecule has 0 bridgehead atoms. The number of carbonyl (C=O) groups is 2. The Morgan fingerprint density at radius 2 is 2.11 bits per heavy atom.